The average molecular weight is 418 g/mol. The number of benzene rings is 2. The van der Waals surface area contributed by atoms with Gasteiger partial charge in [0.1, 0.15) is 12.4 Å². The summed E-state index contributed by atoms with van der Waals surface area (Å²) in [6.07, 6.45) is 0. The first kappa shape index (κ1) is 22.4. The number of halogens is 1. The molecule has 0 saturated carbocycles. The van der Waals surface area contributed by atoms with E-state index in [0.717, 1.165) is 17.3 Å². The fraction of sp³-hybridized carbons (Fsp3) is 0.286. The van der Waals surface area contributed by atoms with E-state index >= 15 is 0 Å². The Morgan fingerprint density at radius 1 is 1.10 bits per heavy atom. The monoisotopic (exact) mass is 418 g/mol. The van der Waals surface area contributed by atoms with Crippen LogP contribution in [0, 0.1) is 5.82 Å². The fourth-order valence-electron chi connectivity index (χ4n) is 2.50. The second kappa shape index (κ2) is 11.2. The fourth-order valence-corrected chi connectivity index (χ4v) is 3.26. The molecule has 29 heavy (non-hydrogen) atoms. The summed E-state index contributed by atoms with van der Waals surface area (Å²) in [6.45, 7) is 1.78. The highest BCUT2D eigenvalue weighted by Gasteiger charge is 2.24. The number of hydrogen-bond acceptors (Lipinski definition) is 5. The van der Waals surface area contributed by atoms with Crippen LogP contribution in [0.3, 0.4) is 0 Å². The Labute approximate surface area is 173 Å². The van der Waals surface area contributed by atoms with Gasteiger partial charge >= 0.3 is 5.97 Å². The van der Waals surface area contributed by atoms with Gasteiger partial charge in [0.25, 0.3) is 0 Å². The number of esters is 1. The van der Waals surface area contributed by atoms with Gasteiger partial charge in [-0.05, 0) is 36.8 Å². The zero-order chi connectivity index (χ0) is 21.2. The second-order valence-corrected chi connectivity index (χ2v) is 7.59. The highest BCUT2D eigenvalue weighted by atomic mass is 32.2. The Morgan fingerprint density at radius 3 is 2.38 bits per heavy atom. The van der Waals surface area contributed by atoms with E-state index < -0.39 is 11.2 Å². The van der Waals surface area contributed by atoms with Crippen LogP contribution < -0.4 is 5.32 Å². The maximum atomic E-state index is 12.9. The van der Waals surface area contributed by atoms with Crippen molar-refractivity contribution in [3.8, 4) is 0 Å². The van der Waals surface area contributed by atoms with Gasteiger partial charge in [0.15, 0.2) is 0 Å². The molecule has 0 spiro atoms. The Kier molecular flexibility index (Phi) is 8.67. The van der Waals surface area contributed by atoms with Crippen molar-refractivity contribution in [1.82, 2.24) is 4.90 Å². The molecule has 2 rings (SSSR count). The lowest BCUT2D eigenvalue weighted by Gasteiger charge is -2.24. The smallest absolute Gasteiger partial charge is 0.325 e. The molecule has 0 fully saturated rings. The van der Waals surface area contributed by atoms with Crippen LogP contribution in [0.25, 0.3) is 0 Å². The molecule has 1 unspecified atom stereocenters. The van der Waals surface area contributed by atoms with Crippen molar-refractivity contribution in [3.63, 3.8) is 0 Å². The van der Waals surface area contributed by atoms with Gasteiger partial charge in [0, 0.05) is 12.2 Å². The van der Waals surface area contributed by atoms with Crippen LogP contribution in [0.15, 0.2) is 54.6 Å². The molecule has 2 aromatic carbocycles. The minimum absolute atomic E-state index is 0.0433. The van der Waals surface area contributed by atoms with E-state index in [9.17, 15) is 18.8 Å². The number of carbonyl (C=O) groups excluding carboxylic acids is 3. The summed E-state index contributed by atoms with van der Waals surface area (Å²) in [6, 6.07) is 14.7. The summed E-state index contributed by atoms with van der Waals surface area (Å²) in [5.74, 6) is -1.43. The molecule has 1 N–H and O–H groups in total. The van der Waals surface area contributed by atoms with Crippen molar-refractivity contribution in [2.75, 3.05) is 24.7 Å². The molecule has 2 aromatic rings. The standard InChI is InChI=1S/C21H23FN2O4S/c1-15(29-14-19(25)23-18-10-8-17(22)9-11-18)21(27)24(13-20(26)28-2)12-16-6-4-3-5-7-16/h3-11,15H,12-14H2,1-2H3,(H,23,25). The molecule has 0 aliphatic rings. The summed E-state index contributed by atoms with van der Waals surface area (Å²) in [5.41, 5.74) is 1.36. The van der Waals surface area contributed by atoms with Gasteiger partial charge in [0.05, 0.1) is 18.1 Å². The Bertz CT molecular complexity index is 830. The first-order valence-corrected chi connectivity index (χ1v) is 10.0. The first-order valence-electron chi connectivity index (χ1n) is 8.95. The Morgan fingerprint density at radius 2 is 1.76 bits per heavy atom. The van der Waals surface area contributed by atoms with E-state index in [1.54, 1.807) is 6.92 Å². The zero-order valence-electron chi connectivity index (χ0n) is 16.3. The topological polar surface area (TPSA) is 75.7 Å². The minimum Gasteiger partial charge on any atom is -0.468 e. The van der Waals surface area contributed by atoms with Crippen molar-refractivity contribution in [2.45, 2.75) is 18.7 Å². The SMILES string of the molecule is COC(=O)CN(Cc1ccccc1)C(=O)C(C)SCC(=O)Nc1ccc(F)cc1. The van der Waals surface area contributed by atoms with Gasteiger partial charge in [-0.25, -0.2) is 4.39 Å². The highest BCUT2D eigenvalue weighted by Crippen LogP contribution is 2.17. The van der Waals surface area contributed by atoms with E-state index in [0.29, 0.717) is 5.69 Å². The number of hydrogen-bond donors (Lipinski definition) is 1. The normalized spacial score (nSPS) is 11.4. The van der Waals surface area contributed by atoms with Crippen LogP contribution in [0.4, 0.5) is 10.1 Å². The molecule has 154 valence electrons. The number of nitrogens with zero attached hydrogens (tertiary/aromatic N) is 1. The van der Waals surface area contributed by atoms with E-state index in [1.807, 2.05) is 30.3 Å². The molecule has 2 amide bonds. The van der Waals surface area contributed by atoms with Crippen molar-refractivity contribution in [2.24, 2.45) is 0 Å². The third-order valence-electron chi connectivity index (χ3n) is 4.02. The predicted molar refractivity (Wildman–Crippen MR) is 111 cm³/mol. The van der Waals surface area contributed by atoms with Crippen molar-refractivity contribution < 1.29 is 23.5 Å². The zero-order valence-corrected chi connectivity index (χ0v) is 17.1. The summed E-state index contributed by atoms with van der Waals surface area (Å²) < 4.78 is 17.6. The van der Waals surface area contributed by atoms with Crippen molar-refractivity contribution in [3.05, 3.63) is 66.0 Å². The third kappa shape index (κ3) is 7.57. The number of nitrogens with one attached hydrogen (secondary N) is 1. The van der Waals surface area contributed by atoms with Crippen LogP contribution >= 0.6 is 11.8 Å². The summed E-state index contributed by atoms with van der Waals surface area (Å²) in [5, 5.41) is 2.11. The molecule has 8 heteroatoms. The number of methoxy groups -OCH3 is 1. The van der Waals surface area contributed by atoms with Gasteiger partial charge in [-0.3, -0.25) is 14.4 Å². The third-order valence-corrected chi connectivity index (χ3v) is 5.15. The number of thioether (sulfide) groups is 1. The van der Waals surface area contributed by atoms with Gasteiger partial charge in [-0.1, -0.05) is 30.3 Å². The number of rotatable bonds is 9. The lowest BCUT2D eigenvalue weighted by atomic mass is 10.2. The number of anilines is 1. The molecule has 0 aliphatic carbocycles. The second-order valence-electron chi connectivity index (χ2n) is 6.26. The lowest BCUT2D eigenvalue weighted by Crippen LogP contribution is -2.40. The van der Waals surface area contributed by atoms with Crippen LogP contribution in [-0.2, 0) is 25.7 Å². The molecule has 1 atom stereocenters. The van der Waals surface area contributed by atoms with E-state index in [4.69, 9.17) is 4.74 Å². The Hall–Kier alpha value is -2.87. The highest BCUT2D eigenvalue weighted by molar-refractivity contribution is 8.01. The summed E-state index contributed by atoms with van der Waals surface area (Å²) in [7, 11) is 1.27. The molecule has 0 bridgehead atoms. The van der Waals surface area contributed by atoms with Crippen molar-refractivity contribution >= 4 is 35.2 Å². The van der Waals surface area contributed by atoms with Gasteiger partial charge in [-0.15, -0.1) is 11.8 Å². The maximum absolute atomic E-state index is 12.9. The van der Waals surface area contributed by atoms with E-state index in [-0.39, 0.29) is 36.5 Å². The first-order chi connectivity index (χ1) is 13.9. The van der Waals surface area contributed by atoms with Gasteiger partial charge in [-0.2, -0.15) is 0 Å². The van der Waals surface area contributed by atoms with Crippen LogP contribution in [0.5, 0.6) is 0 Å². The van der Waals surface area contributed by atoms with Gasteiger partial charge in [0.2, 0.25) is 11.8 Å². The molecule has 6 nitrogen and oxygen atoms in total. The summed E-state index contributed by atoms with van der Waals surface area (Å²) >= 11 is 1.16. The molecule has 0 saturated heterocycles. The molecule has 0 aromatic heterocycles. The van der Waals surface area contributed by atoms with Crippen molar-refractivity contribution in [1.29, 1.82) is 0 Å². The van der Waals surface area contributed by atoms with E-state index in [1.165, 1.54) is 36.3 Å². The molecule has 0 radical (unpaired) electrons. The van der Waals surface area contributed by atoms with Gasteiger partial charge < -0.3 is 15.0 Å². The maximum Gasteiger partial charge on any atom is 0.325 e. The molecular formula is C21H23FN2O4S. The average Bonchev–Trinajstić information content (AvgIpc) is 2.73. The van der Waals surface area contributed by atoms with E-state index in [2.05, 4.69) is 5.32 Å². The predicted octanol–water partition coefficient (Wildman–Crippen LogP) is 3.09. The largest absolute Gasteiger partial charge is 0.468 e. The number of carbonyl (C=O) groups is 3. The minimum atomic E-state index is -0.540. The van der Waals surface area contributed by atoms with Crippen LogP contribution in [0.1, 0.15) is 12.5 Å². The lowest BCUT2D eigenvalue weighted by molar-refractivity contribution is -0.147. The quantitative estimate of drug-likeness (QED) is 0.634. The Balaban J connectivity index is 1.93. The van der Waals surface area contributed by atoms with Crippen LogP contribution in [0.2, 0.25) is 0 Å². The molecule has 0 aliphatic heterocycles. The molecule has 0 heterocycles. The number of ether oxygens (including phenoxy) is 1. The molecular weight excluding hydrogens is 395 g/mol. The van der Waals surface area contributed by atoms with Crippen LogP contribution in [-0.4, -0.2) is 47.3 Å². The summed E-state index contributed by atoms with van der Waals surface area (Å²) in [4.78, 5) is 38.0. The number of amides is 2.